The summed E-state index contributed by atoms with van der Waals surface area (Å²) in [4.78, 5) is 0. The van der Waals surface area contributed by atoms with Gasteiger partial charge in [0, 0.05) is 11.8 Å². The maximum absolute atomic E-state index is 11.6. The summed E-state index contributed by atoms with van der Waals surface area (Å²) in [6.07, 6.45) is 0.807. The highest BCUT2D eigenvalue weighted by atomic mass is 32.3. The minimum absolute atomic E-state index is 0.0291. The molecule has 0 heterocycles. The van der Waals surface area contributed by atoms with E-state index in [0.717, 1.165) is 6.26 Å². The van der Waals surface area contributed by atoms with Gasteiger partial charge in [-0.2, -0.15) is 0 Å². The van der Waals surface area contributed by atoms with Crippen molar-refractivity contribution >= 4 is 31.4 Å². The van der Waals surface area contributed by atoms with Crippen molar-refractivity contribution in [3.05, 3.63) is 29.8 Å². The SMILES string of the molecule is CS(=O)(=O)CS(=O)(=O)Nc1ccccc1/C(N)=N/O. The van der Waals surface area contributed by atoms with Gasteiger partial charge in [-0.05, 0) is 12.1 Å². The van der Waals surface area contributed by atoms with E-state index in [2.05, 4.69) is 9.88 Å². The highest BCUT2D eigenvalue weighted by Gasteiger charge is 2.19. The number of sulfone groups is 1. The number of benzene rings is 1. The van der Waals surface area contributed by atoms with Crippen molar-refractivity contribution in [3.8, 4) is 0 Å². The van der Waals surface area contributed by atoms with Crippen molar-refractivity contribution in [1.29, 1.82) is 0 Å². The molecule has 1 rings (SSSR count). The van der Waals surface area contributed by atoms with Crippen LogP contribution in [-0.4, -0.2) is 39.2 Å². The van der Waals surface area contributed by atoms with E-state index in [0.29, 0.717) is 0 Å². The number of hydrogen-bond donors (Lipinski definition) is 3. The van der Waals surface area contributed by atoms with Crippen LogP contribution in [-0.2, 0) is 19.9 Å². The molecule has 19 heavy (non-hydrogen) atoms. The Kier molecular flexibility index (Phi) is 4.37. The van der Waals surface area contributed by atoms with E-state index >= 15 is 0 Å². The second-order valence-corrected chi connectivity index (χ2v) is 8.02. The van der Waals surface area contributed by atoms with Crippen molar-refractivity contribution < 1.29 is 22.0 Å². The Bertz CT molecular complexity index is 694. The largest absolute Gasteiger partial charge is 0.409 e. The first-order valence-electron chi connectivity index (χ1n) is 4.90. The average molecular weight is 307 g/mol. The van der Waals surface area contributed by atoms with Crippen molar-refractivity contribution in [3.63, 3.8) is 0 Å². The fourth-order valence-corrected chi connectivity index (χ4v) is 4.33. The third kappa shape index (κ3) is 4.75. The van der Waals surface area contributed by atoms with Gasteiger partial charge in [-0.25, -0.2) is 16.8 Å². The first-order valence-corrected chi connectivity index (χ1v) is 8.61. The molecular formula is C9H13N3O5S2. The number of oxime groups is 1. The molecule has 0 aliphatic heterocycles. The third-order valence-corrected chi connectivity index (χ3v) is 5.43. The van der Waals surface area contributed by atoms with Crippen LogP contribution >= 0.6 is 0 Å². The standard InChI is InChI=1S/C9H13N3O5S2/c1-18(14,15)6-19(16,17)12-8-5-3-2-4-7(8)9(10)11-13/h2-5,12-13H,6H2,1H3,(H2,10,11). The van der Waals surface area contributed by atoms with Gasteiger partial charge in [0.05, 0.1) is 5.69 Å². The number of nitrogens with two attached hydrogens (primary N) is 1. The Morgan fingerprint density at radius 3 is 2.42 bits per heavy atom. The Morgan fingerprint density at radius 1 is 1.32 bits per heavy atom. The van der Waals surface area contributed by atoms with Gasteiger partial charge < -0.3 is 10.9 Å². The van der Waals surface area contributed by atoms with Crippen LogP contribution in [0.15, 0.2) is 29.4 Å². The molecule has 0 atom stereocenters. The van der Waals surface area contributed by atoms with Crippen LogP contribution in [0.3, 0.4) is 0 Å². The van der Waals surface area contributed by atoms with E-state index in [4.69, 9.17) is 10.9 Å². The van der Waals surface area contributed by atoms with E-state index in [1.165, 1.54) is 18.2 Å². The Balaban J connectivity index is 3.14. The maximum atomic E-state index is 11.6. The smallest absolute Gasteiger partial charge is 0.247 e. The lowest BCUT2D eigenvalue weighted by atomic mass is 10.2. The molecule has 0 fully saturated rings. The van der Waals surface area contributed by atoms with Crippen molar-refractivity contribution in [2.24, 2.45) is 10.9 Å². The average Bonchev–Trinajstić information content (AvgIpc) is 2.24. The van der Waals surface area contributed by atoms with Gasteiger partial charge in [0.25, 0.3) is 0 Å². The lowest BCUT2D eigenvalue weighted by Crippen LogP contribution is -2.24. The summed E-state index contributed by atoms with van der Waals surface area (Å²) >= 11 is 0. The van der Waals surface area contributed by atoms with Crippen molar-refractivity contribution in [2.45, 2.75) is 0 Å². The molecule has 0 aromatic heterocycles. The third-order valence-electron chi connectivity index (χ3n) is 1.95. The summed E-state index contributed by atoms with van der Waals surface area (Å²) < 4.78 is 47.4. The fourth-order valence-electron chi connectivity index (χ4n) is 1.33. The number of nitrogens with one attached hydrogen (secondary N) is 1. The Hall–Kier alpha value is -1.81. The van der Waals surface area contributed by atoms with Crippen LogP contribution in [0, 0.1) is 0 Å². The molecule has 0 saturated carbocycles. The zero-order valence-electron chi connectivity index (χ0n) is 9.94. The number of rotatable bonds is 5. The summed E-state index contributed by atoms with van der Waals surface area (Å²) in [5.74, 6) is -0.294. The number of hydrogen-bond acceptors (Lipinski definition) is 6. The normalized spacial score (nSPS) is 13.2. The molecule has 0 radical (unpaired) electrons. The highest BCUT2D eigenvalue weighted by molar-refractivity contribution is 8.08. The molecule has 0 unspecified atom stereocenters. The molecule has 0 saturated heterocycles. The molecule has 0 spiro atoms. The number of anilines is 1. The summed E-state index contributed by atoms with van der Waals surface area (Å²) in [5, 5.41) is 10.3. The minimum Gasteiger partial charge on any atom is -0.409 e. The van der Waals surface area contributed by atoms with Gasteiger partial charge >= 0.3 is 0 Å². The van der Waals surface area contributed by atoms with Gasteiger partial charge in [-0.15, -0.1) is 0 Å². The van der Waals surface area contributed by atoms with Gasteiger partial charge in [0.1, 0.15) is 0 Å². The van der Waals surface area contributed by atoms with Crippen LogP contribution in [0.5, 0.6) is 0 Å². The number of sulfonamides is 1. The first-order chi connectivity index (χ1) is 8.64. The predicted octanol–water partition coefficient (Wildman–Crippen LogP) is -0.475. The molecule has 1 aromatic rings. The van der Waals surface area contributed by atoms with Crippen LogP contribution in [0.1, 0.15) is 5.56 Å². The quantitative estimate of drug-likeness (QED) is 0.291. The molecule has 0 amide bonds. The van der Waals surface area contributed by atoms with Crippen molar-refractivity contribution in [2.75, 3.05) is 16.1 Å². The van der Waals surface area contributed by atoms with E-state index in [9.17, 15) is 16.8 Å². The molecule has 4 N–H and O–H groups in total. The first kappa shape index (κ1) is 15.2. The second kappa shape index (κ2) is 5.45. The van der Waals surface area contributed by atoms with E-state index in [1.54, 1.807) is 6.07 Å². The second-order valence-electron chi connectivity index (χ2n) is 3.79. The van der Waals surface area contributed by atoms with Crippen LogP contribution in [0.2, 0.25) is 0 Å². The van der Waals surface area contributed by atoms with E-state index < -0.39 is 24.9 Å². The molecule has 106 valence electrons. The van der Waals surface area contributed by atoms with Gasteiger partial charge in [0.15, 0.2) is 20.8 Å². The molecule has 0 bridgehead atoms. The van der Waals surface area contributed by atoms with Gasteiger partial charge in [-0.1, -0.05) is 17.3 Å². The lowest BCUT2D eigenvalue weighted by molar-refractivity contribution is 0.318. The topological polar surface area (TPSA) is 139 Å². The van der Waals surface area contributed by atoms with Crippen LogP contribution < -0.4 is 10.5 Å². The minimum atomic E-state index is -4.09. The molecule has 0 aliphatic rings. The number of para-hydroxylation sites is 1. The zero-order valence-corrected chi connectivity index (χ0v) is 11.6. The molecular weight excluding hydrogens is 294 g/mol. The zero-order chi connectivity index (χ0) is 14.7. The van der Waals surface area contributed by atoms with Gasteiger partial charge in [0.2, 0.25) is 10.0 Å². The summed E-state index contributed by atoms with van der Waals surface area (Å²) in [5.41, 5.74) is 5.56. The number of nitrogens with zero attached hydrogens (tertiary/aromatic N) is 1. The molecule has 10 heteroatoms. The maximum Gasteiger partial charge on any atom is 0.247 e. The Morgan fingerprint density at radius 2 is 1.89 bits per heavy atom. The fraction of sp³-hybridized carbons (Fsp3) is 0.222. The number of amidine groups is 1. The van der Waals surface area contributed by atoms with Crippen LogP contribution in [0.4, 0.5) is 5.69 Å². The van der Waals surface area contributed by atoms with Gasteiger partial charge in [-0.3, -0.25) is 4.72 Å². The highest BCUT2D eigenvalue weighted by Crippen LogP contribution is 2.16. The summed E-state index contributed by atoms with van der Waals surface area (Å²) in [6, 6.07) is 5.87. The van der Waals surface area contributed by atoms with Crippen molar-refractivity contribution in [1.82, 2.24) is 0 Å². The predicted molar refractivity (Wildman–Crippen MR) is 71.2 cm³/mol. The summed E-state index contributed by atoms with van der Waals surface area (Å²) in [7, 11) is -7.79. The van der Waals surface area contributed by atoms with Crippen LogP contribution in [0.25, 0.3) is 0 Å². The van der Waals surface area contributed by atoms with E-state index in [-0.39, 0.29) is 17.1 Å². The summed E-state index contributed by atoms with van der Waals surface area (Å²) in [6.45, 7) is 0. The molecule has 8 nitrogen and oxygen atoms in total. The molecule has 0 aliphatic carbocycles. The lowest BCUT2D eigenvalue weighted by Gasteiger charge is -2.10. The molecule has 1 aromatic carbocycles. The Labute approximate surface area is 110 Å². The van der Waals surface area contributed by atoms with E-state index in [1.807, 2.05) is 0 Å². The monoisotopic (exact) mass is 307 g/mol.